The molecule has 0 amide bonds. The lowest BCUT2D eigenvalue weighted by molar-refractivity contribution is 0.102. The predicted octanol–water partition coefficient (Wildman–Crippen LogP) is 3.14. The van der Waals surface area contributed by atoms with Gasteiger partial charge >= 0.3 is 0 Å². The molecule has 0 aliphatic carbocycles. The molecule has 3 heteroatoms. The van der Waals surface area contributed by atoms with Crippen LogP contribution in [0.1, 0.15) is 17.4 Å². The Morgan fingerprint density at radius 3 is 2.53 bits per heavy atom. The van der Waals surface area contributed by atoms with E-state index in [9.17, 15) is 9.50 Å². The fourth-order valence-corrected chi connectivity index (χ4v) is 2.34. The highest BCUT2D eigenvalue weighted by Crippen LogP contribution is 2.33. The first-order chi connectivity index (χ1) is 7.12. The monoisotopic (exact) mass is 222 g/mol. The molecule has 0 spiro atoms. The van der Waals surface area contributed by atoms with E-state index in [0.717, 1.165) is 4.88 Å². The van der Waals surface area contributed by atoms with Crippen LogP contribution in [0.3, 0.4) is 0 Å². The lowest BCUT2D eigenvalue weighted by Gasteiger charge is -2.22. The summed E-state index contributed by atoms with van der Waals surface area (Å²) in [4.78, 5) is 0.743. The van der Waals surface area contributed by atoms with Crippen molar-refractivity contribution in [2.24, 2.45) is 0 Å². The number of halogens is 1. The molecule has 78 valence electrons. The minimum Gasteiger partial charge on any atom is -0.380 e. The standard InChI is InChI=1S/C12H11FOS/c1-12(14,11-7-4-8-15-11)9-5-2-3-6-10(9)13/h2-8,14H,1H3. The Kier molecular flexibility index (Phi) is 2.59. The minimum absolute atomic E-state index is 0.312. The lowest BCUT2D eigenvalue weighted by atomic mass is 9.94. The predicted molar refractivity (Wildman–Crippen MR) is 59.4 cm³/mol. The number of thiophene rings is 1. The third kappa shape index (κ3) is 1.80. The van der Waals surface area contributed by atoms with Crippen molar-refractivity contribution in [3.63, 3.8) is 0 Å². The van der Waals surface area contributed by atoms with Crippen LogP contribution in [0.2, 0.25) is 0 Å². The summed E-state index contributed by atoms with van der Waals surface area (Å²) in [7, 11) is 0. The Hall–Kier alpha value is -1.19. The Bertz CT molecular complexity index is 448. The summed E-state index contributed by atoms with van der Waals surface area (Å²) in [5.41, 5.74) is -0.938. The second-order valence-electron chi connectivity index (χ2n) is 3.53. The Balaban J connectivity index is 2.51. The van der Waals surface area contributed by atoms with Crippen LogP contribution in [0, 0.1) is 5.82 Å². The molecule has 0 bridgehead atoms. The normalized spacial score (nSPS) is 14.9. The fraction of sp³-hybridized carbons (Fsp3) is 0.167. The molecule has 1 unspecified atom stereocenters. The van der Waals surface area contributed by atoms with Gasteiger partial charge in [-0.05, 0) is 24.4 Å². The number of hydrogen-bond donors (Lipinski definition) is 1. The number of aliphatic hydroxyl groups is 1. The van der Waals surface area contributed by atoms with Crippen LogP contribution in [0.15, 0.2) is 41.8 Å². The second-order valence-corrected chi connectivity index (χ2v) is 4.48. The molecule has 0 aliphatic rings. The van der Waals surface area contributed by atoms with Crippen LogP contribution in [0.4, 0.5) is 4.39 Å². The van der Waals surface area contributed by atoms with Gasteiger partial charge in [0.1, 0.15) is 11.4 Å². The fourth-order valence-electron chi connectivity index (χ4n) is 1.54. The van der Waals surface area contributed by atoms with Gasteiger partial charge in [-0.3, -0.25) is 0 Å². The van der Waals surface area contributed by atoms with Crippen molar-refractivity contribution >= 4 is 11.3 Å². The van der Waals surface area contributed by atoms with E-state index < -0.39 is 5.60 Å². The van der Waals surface area contributed by atoms with Gasteiger partial charge in [0.05, 0.1) is 0 Å². The van der Waals surface area contributed by atoms with Crippen LogP contribution >= 0.6 is 11.3 Å². The molecule has 0 saturated carbocycles. The van der Waals surface area contributed by atoms with Gasteiger partial charge in [-0.15, -0.1) is 11.3 Å². The topological polar surface area (TPSA) is 20.2 Å². The van der Waals surface area contributed by atoms with Crippen molar-refractivity contribution in [1.29, 1.82) is 0 Å². The average molecular weight is 222 g/mol. The number of benzene rings is 1. The SMILES string of the molecule is CC(O)(c1cccs1)c1ccccc1F. The summed E-state index contributed by atoms with van der Waals surface area (Å²) in [5.74, 6) is -0.379. The molecular weight excluding hydrogens is 211 g/mol. The summed E-state index contributed by atoms with van der Waals surface area (Å²) < 4.78 is 13.5. The molecule has 1 N–H and O–H groups in total. The largest absolute Gasteiger partial charge is 0.380 e. The second kappa shape index (κ2) is 3.76. The van der Waals surface area contributed by atoms with Crippen molar-refractivity contribution < 1.29 is 9.50 Å². The molecule has 1 aromatic carbocycles. The van der Waals surface area contributed by atoms with Crippen LogP contribution in [0.5, 0.6) is 0 Å². The van der Waals surface area contributed by atoms with Crippen LogP contribution in [-0.4, -0.2) is 5.11 Å². The molecular formula is C12H11FOS. The molecule has 0 aliphatic heterocycles. The van der Waals surface area contributed by atoms with Gasteiger partial charge in [0.15, 0.2) is 0 Å². The molecule has 0 fully saturated rings. The third-order valence-electron chi connectivity index (χ3n) is 2.40. The van der Waals surface area contributed by atoms with E-state index in [1.54, 1.807) is 31.2 Å². The van der Waals surface area contributed by atoms with E-state index in [1.807, 2.05) is 11.4 Å². The summed E-state index contributed by atoms with van der Waals surface area (Å²) in [6.45, 7) is 1.61. The van der Waals surface area contributed by atoms with E-state index in [4.69, 9.17) is 0 Å². The van der Waals surface area contributed by atoms with E-state index in [-0.39, 0.29) is 5.82 Å². The van der Waals surface area contributed by atoms with E-state index in [0.29, 0.717) is 5.56 Å². The Morgan fingerprint density at radius 2 is 1.93 bits per heavy atom. The molecule has 1 heterocycles. The van der Waals surface area contributed by atoms with Crippen molar-refractivity contribution in [3.05, 3.63) is 58.0 Å². The molecule has 1 aromatic heterocycles. The van der Waals surface area contributed by atoms with Gasteiger partial charge in [-0.1, -0.05) is 24.3 Å². The average Bonchev–Trinajstić information content (AvgIpc) is 2.71. The van der Waals surface area contributed by atoms with Gasteiger partial charge in [0.2, 0.25) is 0 Å². The number of rotatable bonds is 2. The zero-order chi connectivity index (χ0) is 10.9. The van der Waals surface area contributed by atoms with E-state index in [2.05, 4.69) is 0 Å². The highest BCUT2D eigenvalue weighted by molar-refractivity contribution is 7.10. The van der Waals surface area contributed by atoms with Crippen LogP contribution in [-0.2, 0) is 5.60 Å². The van der Waals surface area contributed by atoms with E-state index >= 15 is 0 Å². The summed E-state index contributed by atoms with van der Waals surface area (Å²) >= 11 is 1.42. The molecule has 2 rings (SSSR count). The summed E-state index contributed by atoms with van der Waals surface area (Å²) in [5, 5.41) is 12.2. The van der Waals surface area contributed by atoms with Gasteiger partial charge in [0.25, 0.3) is 0 Å². The van der Waals surface area contributed by atoms with Gasteiger partial charge in [0, 0.05) is 10.4 Å². The molecule has 1 nitrogen and oxygen atoms in total. The van der Waals surface area contributed by atoms with Crippen LogP contribution < -0.4 is 0 Å². The Morgan fingerprint density at radius 1 is 1.20 bits per heavy atom. The van der Waals surface area contributed by atoms with Gasteiger partial charge in [-0.25, -0.2) is 4.39 Å². The Labute approximate surface area is 91.8 Å². The van der Waals surface area contributed by atoms with Gasteiger partial charge in [-0.2, -0.15) is 0 Å². The summed E-state index contributed by atoms with van der Waals surface area (Å²) in [6, 6.07) is 9.95. The highest BCUT2D eigenvalue weighted by Gasteiger charge is 2.29. The number of hydrogen-bond acceptors (Lipinski definition) is 2. The van der Waals surface area contributed by atoms with Gasteiger partial charge < -0.3 is 5.11 Å². The third-order valence-corrected chi connectivity index (χ3v) is 3.48. The molecule has 0 radical (unpaired) electrons. The molecule has 0 saturated heterocycles. The highest BCUT2D eigenvalue weighted by atomic mass is 32.1. The maximum Gasteiger partial charge on any atom is 0.129 e. The first-order valence-corrected chi connectivity index (χ1v) is 5.51. The lowest BCUT2D eigenvalue weighted by Crippen LogP contribution is -2.22. The van der Waals surface area contributed by atoms with Crippen molar-refractivity contribution in [2.45, 2.75) is 12.5 Å². The maximum absolute atomic E-state index is 13.5. The molecule has 2 aromatic rings. The quantitative estimate of drug-likeness (QED) is 0.827. The van der Waals surface area contributed by atoms with Crippen molar-refractivity contribution in [3.8, 4) is 0 Å². The smallest absolute Gasteiger partial charge is 0.129 e. The van der Waals surface area contributed by atoms with E-state index in [1.165, 1.54) is 17.4 Å². The zero-order valence-corrected chi connectivity index (χ0v) is 9.09. The maximum atomic E-state index is 13.5. The van der Waals surface area contributed by atoms with Crippen molar-refractivity contribution in [1.82, 2.24) is 0 Å². The first-order valence-electron chi connectivity index (χ1n) is 4.64. The zero-order valence-electron chi connectivity index (χ0n) is 8.27. The molecule has 15 heavy (non-hydrogen) atoms. The molecule has 1 atom stereocenters. The minimum atomic E-state index is -1.25. The van der Waals surface area contributed by atoms with Crippen molar-refractivity contribution in [2.75, 3.05) is 0 Å². The summed E-state index contributed by atoms with van der Waals surface area (Å²) in [6.07, 6.45) is 0. The van der Waals surface area contributed by atoms with Crippen LogP contribution in [0.25, 0.3) is 0 Å². The first kappa shape index (κ1) is 10.3.